The number of aliphatic carboxylic acids is 1. The fraction of sp³-hybridized carbons (Fsp3) is 0.833. The van der Waals surface area contributed by atoms with Crippen LogP contribution >= 0.6 is 0 Å². The molecule has 7 nitrogen and oxygen atoms in total. The maximum absolute atomic E-state index is 12.4. The first-order valence-corrected chi connectivity index (χ1v) is 6.35. The van der Waals surface area contributed by atoms with Crippen LogP contribution < -0.4 is 0 Å². The van der Waals surface area contributed by atoms with Crippen molar-refractivity contribution >= 4 is 11.9 Å². The molecule has 2 fully saturated rings. The summed E-state index contributed by atoms with van der Waals surface area (Å²) in [5, 5.41) is 9.47. The third-order valence-corrected chi connectivity index (χ3v) is 3.63. The van der Waals surface area contributed by atoms with Gasteiger partial charge in [-0.1, -0.05) is 0 Å². The molecule has 2 aliphatic heterocycles. The van der Waals surface area contributed by atoms with Gasteiger partial charge in [-0.05, 0) is 12.8 Å². The van der Waals surface area contributed by atoms with E-state index in [2.05, 4.69) is 0 Å². The van der Waals surface area contributed by atoms with Crippen LogP contribution in [0.5, 0.6) is 0 Å². The van der Waals surface area contributed by atoms with Gasteiger partial charge >= 0.3 is 5.97 Å². The molecule has 0 aromatic rings. The number of likely N-dealkylation sites (tertiary alicyclic amines) is 1. The Morgan fingerprint density at radius 3 is 2.84 bits per heavy atom. The highest BCUT2D eigenvalue weighted by Gasteiger charge is 2.51. The summed E-state index contributed by atoms with van der Waals surface area (Å²) in [5.74, 6) is -1.35. The standard InChI is InChI=1S/C12H19NO6/c1-17-8-12(11(15)16)3-2-4-13(12)10(14)9-7-18-5-6-19-9/h9H,2-8H2,1H3,(H,15,16). The summed E-state index contributed by atoms with van der Waals surface area (Å²) in [6.07, 6.45) is 0.340. The number of carboxylic acids is 1. The van der Waals surface area contributed by atoms with Crippen molar-refractivity contribution in [3.05, 3.63) is 0 Å². The molecule has 0 radical (unpaired) electrons. The first-order chi connectivity index (χ1) is 9.12. The van der Waals surface area contributed by atoms with E-state index in [1.807, 2.05) is 0 Å². The van der Waals surface area contributed by atoms with Crippen molar-refractivity contribution < 1.29 is 28.9 Å². The Kier molecular flexibility index (Phi) is 4.38. The molecule has 19 heavy (non-hydrogen) atoms. The van der Waals surface area contributed by atoms with Gasteiger partial charge in [0.1, 0.15) is 0 Å². The smallest absolute Gasteiger partial charge is 0.332 e. The van der Waals surface area contributed by atoms with Gasteiger partial charge in [-0.2, -0.15) is 0 Å². The van der Waals surface area contributed by atoms with E-state index in [9.17, 15) is 14.7 Å². The number of amides is 1. The van der Waals surface area contributed by atoms with E-state index in [4.69, 9.17) is 14.2 Å². The second-order valence-corrected chi connectivity index (χ2v) is 4.80. The normalized spacial score (nSPS) is 31.4. The van der Waals surface area contributed by atoms with Crippen molar-refractivity contribution in [3.63, 3.8) is 0 Å². The number of nitrogens with zero attached hydrogens (tertiary/aromatic N) is 1. The highest BCUT2D eigenvalue weighted by atomic mass is 16.6. The Morgan fingerprint density at radius 2 is 2.26 bits per heavy atom. The summed E-state index contributed by atoms with van der Waals surface area (Å²) in [6, 6.07) is 0. The number of carbonyl (C=O) groups excluding carboxylic acids is 1. The van der Waals surface area contributed by atoms with E-state index in [1.165, 1.54) is 12.0 Å². The summed E-state index contributed by atoms with van der Waals surface area (Å²) in [6.45, 7) is 1.40. The van der Waals surface area contributed by atoms with Gasteiger partial charge < -0.3 is 24.2 Å². The lowest BCUT2D eigenvalue weighted by Crippen LogP contribution is -2.59. The van der Waals surface area contributed by atoms with Crippen LogP contribution in [0.4, 0.5) is 0 Å². The minimum atomic E-state index is -1.27. The largest absolute Gasteiger partial charge is 0.479 e. The SMILES string of the molecule is COCC1(C(=O)O)CCCN1C(=O)C1COCCO1. The molecule has 1 N–H and O–H groups in total. The quantitative estimate of drug-likeness (QED) is 0.743. The second kappa shape index (κ2) is 5.85. The van der Waals surface area contributed by atoms with Gasteiger partial charge in [0.2, 0.25) is 0 Å². The van der Waals surface area contributed by atoms with E-state index < -0.39 is 17.6 Å². The van der Waals surface area contributed by atoms with Crippen LogP contribution in [0, 0.1) is 0 Å². The van der Waals surface area contributed by atoms with Crippen LogP contribution in [-0.4, -0.2) is 73.6 Å². The first kappa shape index (κ1) is 14.2. The zero-order chi connectivity index (χ0) is 13.9. The zero-order valence-electron chi connectivity index (χ0n) is 11.0. The molecular formula is C12H19NO6. The molecule has 0 aromatic heterocycles. The second-order valence-electron chi connectivity index (χ2n) is 4.80. The lowest BCUT2D eigenvalue weighted by atomic mass is 9.97. The van der Waals surface area contributed by atoms with Crippen LogP contribution in [0.25, 0.3) is 0 Å². The minimum Gasteiger partial charge on any atom is -0.479 e. The van der Waals surface area contributed by atoms with Gasteiger partial charge in [-0.15, -0.1) is 0 Å². The average molecular weight is 273 g/mol. The number of hydrogen-bond donors (Lipinski definition) is 1. The van der Waals surface area contributed by atoms with E-state index in [-0.39, 0.29) is 19.1 Å². The van der Waals surface area contributed by atoms with Crippen molar-refractivity contribution in [3.8, 4) is 0 Å². The average Bonchev–Trinajstić information content (AvgIpc) is 2.84. The van der Waals surface area contributed by atoms with Gasteiger partial charge in [0, 0.05) is 13.7 Å². The molecule has 1 amide bonds. The van der Waals surface area contributed by atoms with Crippen molar-refractivity contribution in [2.24, 2.45) is 0 Å². The van der Waals surface area contributed by atoms with Crippen LogP contribution in [-0.2, 0) is 23.8 Å². The maximum Gasteiger partial charge on any atom is 0.332 e. The summed E-state index contributed by atoms with van der Waals surface area (Å²) >= 11 is 0. The number of rotatable bonds is 4. The van der Waals surface area contributed by atoms with Gasteiger partial charge in [-0.3, -0.25) is 4.79 Å². The summed E-state index contributed by atoms with van der Waals surface area (Å²) in [7, 11) is 1.44. The third-order valence-electron chi connectivity index (χ3n) is 3.63. The van der Waals surface area contributed by atoms with E-state index in [1.54, 1.807) is 0 Å². The molecule has 7 heteroatoms. The fourth-order valence-electron chi connectivity index (χ4n) is 2.68. The molecule has 2 atom stereocenters. The Hall–Kier alpha value is -1.18. The lowest BCUT2D eigenvalue weighted by molar-refractivity contribution is -0.172. The molecule has 0 saturated carbocycles. The van der Waals surface area contributed by atoms with Crippen molar-refractivity contribution in [1.29, 1.82) is 0 Å². The number of carbonyl (C=O) groups is 2. The molecule has 108 valence electrons. The molecule has 2 aliphatic rings. The molecule has 0 spiro atoms. The molecule has 2 saturated heterocycles. The molecule has 2 rings (SSSR count). The summed E-state index contributed by atoms with van der Waals surface area (Å²) in [4.78, 5) is 25.3. The van der Waals surface area contributed by atoms with Gasteiger partial charge in [0.25, 0.3) is 5.91 Å². The number of carboxylic acid groups (broad SMARTS) is 1. The summed E-state index contributed by atoms with van der Waals surface area (Å²) in [5.41, 5.74) is -1.27. The van der Waals surface area contributed by atoms with E-state index >= 15 is 0 Å². The van der Waals surface area contributed by atoms with Crippen molar-refractivity contribution in [1.82, 2.24) is 4.90 Å². The third kappa shape index (κ3) is 2.58. The van der Waals surface area contributed by atoms with Crippen LogP contribution in [0.15, 0.2) is 0 Å². The Bertz CT molecular complexity index is 354. The highest BCUT2D eigenvalue weighted by molar-refractivity contribution is 5.90. The number of hydrogen-bond acceptors (Lipinski definition) is 5. The molecule has 0 bridgehead atoms. The van der Waals surface area contributed by atoms with Crippen LogP contribution in [0.3, 0.4) is 0 Å². The van der Waals surface area contributed by atoms with Gasteiger partial charge in [0.05, 0.1) is 26.4 Å². The predicted molar refractivity (Wildman–Crippen MR) is 63.7 cm³/mol. The van der Waals surface area contributed by atoms with E-state index in [0.717, 1.165) is 0 Å². The Labute approximate surface area is 111 Å². The first-order valence-electron chi connectivity index (χ1n) is 6.35. The highest BCUT2D eigenvalue weighted by Crippen LogP contribution is 2.31. The van der Waals surface area contributed by atoms with Gasteiger partial charge in [0.15, 0.2) is 11.6 Å². The zero-order valence-corrected chi connectivity index (χ0v) is 11.0. The van der Waals surface area contributed by atoms with Crippen LogP contribution in [0.2, 0.25) is 0 Å². The molecule has 0 aromatic carbocycles. The Morgan fingerprint density at radius 1 is 1.47 bits per heavy atom. The molecule has 2 heterocycles. The lowest BCUT2D eigenvalue weighted by Gasteiger charge is -2.36. The topological polar surface area (TPSA) is 85.3 Å². The predicted octanol–water partition coefficient (Wildman–Crippen LogP) is -0.506. The molecular weight excluding hydrogens is 254 g/mol. The number of methoxy groups -OCH3 is 1. The number of ether oxygens (including phenoxy) is 3. The van der Waals surface area contributed by atoms with Crippen LogP contribution in [0.1, 0.15) is 12.8 Å². The molecule has 0 aliphatic carbocycles. The summed E-state index contributed by atoms with van der Waals surface area (Å²) < 4.78 is 15.6. The Balaban J connectivity index is 2.16. The van der Waals surface area contributed by atoms with Crippen molar-refractivity contribution in [2.75, 3.05) is 40.1 Å². The van der Waals surface area contributed by atoms with Gasteiger partial charge in [-0.25, -0.2) is 4.79 Å². The monoisotopic (exact) mass is 273 g/mol. The maximum atomic E-state index is 12.4. The fourth-order valence-corrected chi connectivity index (χ4v) is 2.68. The minimum absolute atomic E-state index is 0.0123. The van der Waals surface area contributed by atoms with Crippen molar-refractivity contribution in [2.45, 2.75) is 24.5 Å². The van der Waals surface area contributed by atoms with E-state index in [0.29, 0.717) is 32.6 Å². The molecule has 2 unspecified atom stereocenters.